The van der Waals surface area contributed by atoms with E-state index in [1.807, 2.05) is 15.8 Å². The summed E-state index contributed by atoms with van der Waals surface area (Å²) >= 11 is 0. The van der Waals surface area contributed by atoms with Gasteiger partial charge in [0.05, 0.1) is 11.7 Å². The lowest BCUT2D eigenvalue weighted by atomic mass is 9.99. The van der Waals surface area contributed by atoms with Crippen LogP contribution >= 0.6 is 0 Å². The van der Waals surface area contributed by atoms with Crippen LogP contribution in [0.1, 0.15) is 25.3 Å². The summed E-state index contributed by atoms with van der Waals surface area (Å²) in [5.41, 5.74) is 2.24. The van der Waals surface area contributed by atoms with Gasteiger partial charge in [-0.05, 0) is 37.3 Å². The molecular formula is C16H21N3O. The molecule has 2 heterocycles. The maximum atomic E-state index is 12.4. The first-order valence-corrected chi connectivity index (χ1v) is 7.33. The molecule has 0 atom stereocenters. The van der Waals surface area contributed by atoms with Gasteiger partial charge in [0.1, 0.15) is 6.54 Å². The predicted octanol–water partition coefficient (Wildman–Crippen LogP) is 2.60. The third-order valence-electron chi connectivity index (χ3n) is 4.22. The molecule has 1 saturated heterocycles. The van der Waals surface area contributed by atoms with Crippen molar-refractivity contribution in [3.05, 3.63) is 30.0 Å². The summed E-state index contributed by atoms with van der Waals surface area (Å²) in [6.07, 6.45) is 4.07. The molecule has 106 valence electrons. The Morgan fingerprint density at radius 3 is 2.85 bits per heavy atom. The third-order valence-corrected chi connectivity index (χ3v) is 4.22. The molecule has 3 rings (SSSR count). The van der Waals surface area contributed by atoms with Gasteiger partial charge in [0.2, 0.25) is 5.91 Å². The fourth-order valence-corrected chi connectivity index (χ4v) is 2.79. The number of amides is 1. The molecule has 0 radical (unpaired) electrons. The molecule has 0 aliphatic carbocycles. The van der Waals surface area contributed by atoms with Gasteiger partial charge in [0.15, 0.2) is 0 Å². The number of nitrogens with zero attached hydrogens (tertiary/aromatic N) is 3. The van der Waals surface area contributed by atoms with E-state index in [1.165, 1.54) is 5.56 Å². The van der Waals surface area contributed by atoms with Gasteiger partial charge < -0.3 is 4.90 Å². The topological polar surface area (TPSA) is 38.1 Å². The van der Waals surface area contributed by atoms with Crippen LogP contribution in [0.5, 0.6) is 0 Å². The van der Waals surface area contributed by atoms with E-state index in [-0.39, 0.29) is 5.91 Å². The van der Waals surface area contributed by atoms with Crippen molar-refractivity contribution in [3.8, 4) is 0 Å². The Labute approximate surface area is 119 Å². The number of carbonyl (C=O) groups is 1. The minimum absolute atomic E-state index is 0.184. The van der Waals surface area contributed by atoms with Crippen LogP contribution < -0.4 is 0 Å². The highest BCUT2D eigenvalue weighted by molar-refractivity contribution is 5.82. The lowest BCUT2D eigenvalue weighted by Crippen LogP contribution is -2.39. The number of carbonyl (C=O) groups excluding carboxylic acids is 1. The van der Waals surface area contributed by atoms with Crippen molar-refractivity contribution < 1.29 is 4.79 Å². The fraction of sp³-hybridized carbons (Fsp3) is 0.500. The van der Waals surface area contributed by atoms with Crippen molar-refractivity contribution in [2.24, 2.45) is 5.92 Å². The predicted molar refractivity (Wildman–Crippen MR) is 79.4 cm³/mol. The summed E-state index contributed by atoms with van der Waals surface area (Å²) in [5, 5.41) is 5.45. The van der Waals surface area contributed by atoms with Crippen LogP contribution in [0.4, 0.5) is 0 Å². The van der Waals surface area contributed by atoms with Gasteiger partial charge in [-0.25, -0.2) is 0 Å². The number of benzene rings is 1. The lowest BCUT2D eigenvalue weighted by molar-refractivity contribution is -0.133. The summed E-state index contributed by atoms with van der Waals surface area (Å²) in [6.45, 7) is 6.44. The average molecular weight is 271 g/mol. The number of piperidine rings is 1. The van der Waals surface area contributed by atoms with Crippen molar-refractivity contribution in [1.82, 2.24) is 14.7 Å². The van der Waals surface area contributed by atoms with E-state index in [1.54, 1.807) is 0 Å². The minimum atomic E-state index is 0.184. The summed E-state index contributed by atoms with van der Waals surface area (Å²) in [4.78, 5) is 14.3. The molecule has 0 saturated carbocycles. The standard InChI is InChI=1S/C16H21N3O/c1-12-5-7-18(8-6-12)16(20)11-19-15-9-13(2)3-4-14(15)10-17-19/h3-4,9-10,12H,5-8,11H2,1-2H3. The normalized spacial score (nSPS) is 16.8. The number of fused-ring (bicyclic) bond motifs is 1. The number of aromatic nitrogens is 2. The molecule has 0 unspecified atom stereocenters. The number of hydrogen-bond acceptors (Lipinski definition) is 2. The number of rotatable bonds is 2. The molecule has 1 fully saturated rings. The van der Waals surface area contributed by atoms with Crippen LogP contribution in [-0.4, -0.2) is 33.7 Å². The molecular weight excluding hydrogens is 250 g/mol. The van der Waals surface area contributed by atoms with Crippen LogP contribution in [0.2, 0.25) is 0 Å². The number of likely N-dealkylation sites (tertiary alicyclic amines) is 1. The number of hydrogen-bond donors (Lipinski definition) is 0. The molecule has 20 heavy (non-hydrogen) atoms. The maximum Gasteiger partial charge on any atom is 0.244 e. The second-order valence-corrected chi connectivity index (χ2v) is 5.93. The second kappa shape index (κ2) is 5.27. The van der Waals surface area contributed by atoms with Crippen LogP contribution in [0, 0.1) is 12.8 Å². The molecule has 0 spiro atoms. The smallest absolute Gasteiger partial charge is 0.244 e. The molecule has 1 aromatic heterocycles. The Morgan fingerprint density at radius 1 is 1.35 bits per heavy atom. The zero-order chi connectivity index (χ0) is 14.1. The fourth-order valence-electron chi connectivity index (χ4n) is 2.79. The Bertz CT molecular complexity index is 624. The van der Waals surface area contributed by atoms with E-state index in [9.17, 15) is 4.79 Å². The molecule has 4 nitrogen and oxygen atoms in total. The largest absolute Gasteiger partial charge is 0.341 e. The molecule has 2 aromatic rings. The molecule has 1 amide bonds. The van der Waals surface area contributed by atoms with E-state index < -0.39 is 0 Å². The van der Waals surface area contributed by atoms with Gasteiger partial charge in [-0.15, -0.1) is 0 Å². The maximum absolute atomic E-state index is 12.4. The van der Waals surface area contributed by atoms with E-state index in [0.29, 0.717) is 6.54 Å². The van der Waals surface area contributed by atoms with Crippen molar-refractivity contribution in [2.75, 3.05) is 13.1 Å². The first-order chi connectivity index (χ1) is 9.63. The van der Waals surface area contributed by atoms with E-state index in [2.05, 4.69) is 37.1 Å². The van der Waals surface area contributed by atoms with Gasteiger partial charge in [0.25, 0.3) is 0 Å². The van der Waals surface area contributed by atoms with Crippen molar-refractivity contribution in [1.29, 1.82) is 0 Å². The van der Waals surface area contributed by atoms with E-state index in [4.69, 9.17) is 0 Å². The first-order valence-electron chi connectivity index (χ1n) is 7.33. The summed E-state index contributed by atoms with van der Waals surface area (Å²) < 4.78 is 1.82. The minimum Gasteiger partial charge on any atom is -0.341 e. The van der Waals surface area contributed by atoms with Gasteiger partial charge >= 0.3 is 0 Å². The van der Waals surface area contributed by atoms with Crippen LogP contribution in [0.3, 0.4) is 0 Å². The average Bonchev–Trinajstić information content (AvgIpc) is 2.82. The molecule has 1 aliphatic rings. The monoisotopic (exact) mass is 271 g/mol. The highest BCUT2D eigenvalue weighted by Crippen LogP contribution is 2.18. The van der Waals surface area contributed by atoms with Crippen LogP contribution in [0.15, 0.2) is 24.4 Å². The van der Waals surface area contributed by atoms with Gasteiger partial charge in [0, 0.05) is 18.5 Å². The second-order valence-electron chi connectivity index (χ2n) is 5.93. The Balaban J connectivity index is 1.76. The highest BCUT2D eigenvalue weighted by atomic mass is 16.2. The quantitative estimate of drug-likeness (QED) is 0.842. The molecule has 0 N–H and O–H groups in total. The highest BCUT2D eigenvalue weighted by Gasteiger charge is 2.21. The van der Waals surface area contributed by atoms with Crippen molar-refractivity contribution >= 4 is 16.8 Å². The van der Waals surface area contributed by atoms with E-state index in [0.717, 1.165) is 42.8 Å². The summed E-state index contributed by atoms with van der Waals surface area (Å²) in [6, 6.07) is 6.22. The van der Waals surface area contributed by atoms with Gasteiger partial charge in [-0.1, -0.05) is 19.1 Å². The van der Waals surface area contributed by atoms with Gasteiger partial charge in [-0.2, -0.15) is 5.10 Å². The van der Waals surface area contributed by atoms with Crippen LogP contribution in [-0.2, 0) is 11.3 Å². The first kappa shape index (κ1) is 13.2. The lowest BCUT2D eigenvalue weighted by Gasteiger charge is -2.30. The SMILES string of the molecule is Cc1ccc2cnn(CC(=O)N3CCC(C)CC3)c2c1. The Kier molecular flexibility index (Phi) is 3.47. The van der Waals surface area contributed by atoms with Crippen molar-refractivity contribution in [3.63, 3.8) is 0 Å². The summed E-state index contributed by atoms with van der Waals surface area (Å²) in [5.74, 6) is 0.927. The van der Waals surface area contributed by atoms with E-state index >= 15 is 0 Å². The van der Waals surface area contributed by atoms with Gasteiger partial charge in [-0.3, -0.25) is 9.48 Å². The number of aryl methyl sites for hydroxylation is 1. The van der Waals surface area contributed by atoms with Crippen molar-refractivity contribution in [2.45, 2.75) is 33.2 Å². The summed E-state index contributed by atoms with van der Waals surface area (Å²) in [7, 11) is 0. The van der Waals surface area contributed by atoms with Crippen LogP contribution in [0.25, 0.3) is 10.9 Å². The Hall–Kier alpha value is -1.84. The zero-order valence-electron chi connectivity index (χ0n) is 12.2. The Morgan fingerprint density at radius 2 is 2.10 bits per heavy atom. The molecule has 1 aromatic carbocycles. The zero-order valence-corrected chi connectivity index (χ0v) is 12.2. The molecule has 1 aliphatic heterocycles. The molecule has 0 bridgehead atoms. The molecule has 4 heteroatoms. The third kappa shape index (κ3) is 2.55.